The van der Waals surface area contributed by atoms with Crippen LogP contribution in [0.5, 0.6) is 0 Å². The van der Waals surface area contributed by atoms with E-state index in [2.05, 4.69) is 0 Å². The Kier molecular flexibility index (Phi) is 1.96. The van der Waals surface area contributed by atoms with Crippen LogP contribution in [-0.2, 0) is 4.79 Å². The molecule has 3 amide bonds. The molecule has 0 radical (unpaired) electrons. The molecule has 2 aliphatic rings. The number of nitrogens with zero attached hydrogens (tertiary/aromatic N) is 2. The Morgan fingerprint density at radius 1 is 1.12 bits per heavy atom. The molecule has 2 aliphatic heterocycles. The number of anilines is 1. The number of hydrogen-bond acceptors (Lipinski definition) is 2. The molecule has 1 aromatic rings. The predicted octanol–water partition coefficient (Wildman–Crippen LogP) is 1.62. The fourth-order valence-corrected chi connectivity index (χ4v) is 2.44. The molecule has 1 atom stereocenters. The summed E-state index contributed by atoms with van der Waals surface area (Å²) in [6.07, 6.45) is 1.73. The highest BCUT2D eigenvalue weighted by molar-refractivity contribution is 6.21. The third-order valence-electron chi connectivity index (χ3n) is 3.21. The zero-order valence-corrected chi connectivity index (χ0v) is 8.80. The van der Waals surface area contributed by atoms with Crippen molar-refractivity contribution in [1.82, 2.24) is 4.90 Å². The standard InChI is InChI=1S/C12H12N2O2/c15-11-10-7-4-8-13(10)12(16)14(11)9-5-2-1-3-6-9/h1-3,5-6,10H,4,7-8H2/t10-/m1/s1. The average Bonchev–Trinajstić information content (AvgIpc) is 2.86. The van der Waals surface area contributed by atoms with Gasteiger partial charge in [0.05, 0.1) is 5.69 Å². The minimum Gasteiger partial charge on any atom is -0.312 e. The van der Waals surface area contributed by atoms with Crippen LogP contribution < -0.4 is 4.90 Å². The topological polar surface area (TPSA) is 40.6 Å². The van der Waals surface area contributed by atoms with Gasteiger partial charge in [0.2, 0.25) is 0 Å². The maximum atomic E-state index is 12.1. The van der Waals surface area contributed by atoms with Crippen molar-refractivity contribution in [3.8, 4) is 0 Å². The minimum atomic E-state index is -0.215. The Morgan fingerprint density at radius 3 is 2.56 bits per heavy atom. The van der Waals surface area contributed by atoms with Crippen LogP contribution in [0.25, 0.3) is 0 Å². The third-order valence-corrected chi connectivity index (χ3v) is 3.21. The van der Waals surface area contributed by atoms with Gasteiger partial charge in [0.15, 0.2) is 0 Å². The highest BCUT2D eigenvalue weighted by Gasteiger charge is 2.47. The summed E-state index contributed by atoms with van der Waals surface area (Å²) < 4.78 is 0. The van der Waals surface area contributed by atoms with Gasteiger partial charge < -0.3 is 4.90 Å². The van der Waals surface area contributed by atoms with Crippen molar-refractivity contribution in [3.05, 3.63) is 30.3 Å². The van der Waals surface area contributed by atoms with Gasteiger partial charge in [-0.05, 0) is 25.0 Å². The fourth-order valence-electron chi connectivity index (χ4n) is 2.44. The summed E-state index contributed by atoms with van der Waals surface area (Å²) in [7, 11) is 0. The van der Waals surface area contributed by atoms with Crippen molar-refractivity contribution >= 4 is 17.6 Å². The summed E-state index contributed by atoms with van der Waals surface area (Å²) in [5.41, 5.74) is 0.673. The van der Waals surface area contributed by atoms with Crippen molar-refractivity contribution in [2.24, 2.45) is 0 Å². The molecule has 82 valence electrons. The Hall–Kier alpha value is -1.84. The number of urea groups is 1. The number of imide groups is 1. The van der Waals surface area contributed by atoms with Crippen LogP contribution in [0.3, 0.4) is 0 Å². The number of amides is 3. The lowest BCUT2D eigenvalue weighted by Gasteiger charge is -2.15. The Balaban J connectivity index is 1.98. The summed E-state index contributed by atoms with van der Waals surface area (Å²) in [6.45, 7) is 0.707. The summed E-state index contributed by atoms with van der Waals surface area (Å²) in [5, 5.41) is 0. The van der Waals surface area contributed by atoms with Crippen LogP contribution in [0, 0.1) is 0 Å². The highest BCUT2D eigenvalue weighted by atomic mass is 16.2. The second-order valence-corrected chi connectivity index (χ2v) is 4.14. The van der Waals surface area contributed by atoms with E-state index in [0.29, 0.717) is 12.2 Å². The molecule has 0 bridgehead atoms. The van der Waals surface area contributed by atoms with Crippen molar-refractivity contribution in [2.75, 3.05) is 11.4 Å². The molecule has 0 N–H and O–H groups in total. The smallest absolute Gasteiger partial charge is 0.312 e. The molecule has 0 saturated carbocycles. The molecule has 16 heavy (non-hydrogen) atoms. The lowest BCUT2D eigenvalue weighted by atomic mass is 10.2. The highest BCUT2D eigenvalue weighted by Crippen LogP contribution is 2.30. The zero-order valence-electron chi connectivity index (χ0n) is 8.80. The number of rotatable bonds is 1. The first kappa shape index (κ1) is 9.39. The first-order valence-electron chi connectivity index (χ1n) is 5.48. The van der Waals surface area contributed by atoms with E-state index in [4.69, 9.17) is 0 Å². The number of benzene rings is 1. The molecule has 3 rings (SSSR count). The molecule has 2 saturated heterocycles. The van der Waals surface area contributed by atoms with Gasteiger partial charge in [0.25, 0.3) is 5.91 Å². The number of carbonyl (C=O) groups is 2. The van der Waals surface area contributed by atoms with Gasteiger partial charge in [0, 0.05) is 6.54 Å². The predicted molar refractivity (Wildman–Crippen MR) is 59.1 cm³/mol. The number of fused-ring (bicyclic) bond motifs is 1. The van der Waals surface area contributed by atoms with Gasteiger partial charge in [-0.25, -0.2) is 9.69 Å². The van der Waals surface area contributed by atoms with E-state index in [1.165, 1.54) is 4.90 Å². The molecule has 0 aliphatic carbocycles. The van der Waals surface area contributed by atoms with Gasteiger partial charge in [-0.3, -0.25) is 4.79 Å². The second kappa shape index (κ2) is 3.33. The summed E-state index contributed by atoms with van der Waals surface area (Å²) in [4.78, 5) is 27.1. The molecule has 4 nitrogen and oxygen atoms in total. The maximum absolute atomic E-state index is 12.1. The lowest BCUT2D eigenvalue weighted by molar-refractivity contribution is -0.119. The average molecular weight is 216 g/mol. The van der Waals surface area contributed by atoms with E-state index in [1.54, 1.807) is 17.0 Å². The van der Waals surface area contributed by atoms with Crippen LogP contribution in [0.2, 0.25) is 0 Å². The fraction of sp³-hybridized carbons (Fsp3) is 0.333. The molecule has 1 aromatic carbocycles. The van der Waals surface area contributed by atoms with Gasteiger partial charge in [-0.1, -0.05) is 18.2 Å². The van der Waals surface area contributed by atoms with Gasteiger partial charge >= 0.3 is 6.03 Å². The maximum Gasteiger partial charge on any atom is 0.332 e. The molecular weight excluding hydrogens is 204 g/mol. The summed E-state index contributed by atoms with van der Waals surface area (Å²) in [6, 6.07) is 8.73. The van der Waals surface area contributed by atoms with Crippen LogP contribution >= 0.6 is 0 Å². The summed E-state index contributed by atoms with van der Waals surface area (Å²) >= 11 is 0. The molecule has 2 heterocycles. The third kappa shape index (κ3) is 1.16. The van der Waals surface area contributed by atoms with E-state index < -0.39 is 0 Å². The van der Waals surface area contributed by atoms with Gasteiger partial charge in [-0.15, -0.1) is 0 Å². The van der Waals surface area contributed by atoms with Crippen LogP contribution in [0.15, 0.2) is 30.3 Å². The van der Waals surface area contributed by atoms with Gasteiger partial charge in [-0.2, -0.15) is 0 Å². The van der Waals surface area contributed by atoms with Crippen LogP contribution in [0.4, 0.5) is 10.5 Å². The number of carbonyl (C=O) groups excluding carboxylic acids is 2. The molecule has 0 unspecified atom stereocenters. The van der Waals surface area contributed by atoms with Crippen LogP contribution in [0.1, 0.15) is 12.8 Å². The molecule has 0 spiro atoms. The Bertz CT molecular complexity index is 422. The molecule has 0 aromatic heterocycles. The largest absolute Gasteiger partial charge is 0.332 e. The normalized spacial score (nSPS) is 24.1. The number of para-hydroxylation sites is 1. The van der Waals surface area contributed by atoms with Crippen molar-refractivity contribution in [1.29, 1.82) is 0 Å². The molecular formula is C12H12N2O2. The molecule has 2 fully saturated rings. The van der Waals surface area contributed by atoms with E-state index in [0.717, 1.165) is 12.8 Å². The summed E-state index contributed by atoms with van der Waals surface area (Å²) in [5.74, 6) is -0.0753. The Labute approximate surface area is 93.5 Å². The van der Waals surface area contributed by atoms with Gasteiger partial charge in [0.1, 0.15) is 6.04 Å². The van der Waals surface area contributed by atoms with E-state index in [1.807, 2.05) is 18.2 Å². The SMILES string of the molecule is O=C1[C@H]2CCCN2C(=O)N1c1ccccc1. The first-order valence-corrected chi connectivity index (χ1v) is 5.48. The lowest BCUT2D eigenvalue weighted by Crippen LogP contribution is -2.32. The van der Waals surface area contributed by atoms with Crippen molar-refractivity contribution in [2.45, 2.75) is 18.9 Å². The number of hydrogen-bond donors (Lipinski definition) is 0. The Morgan fingerprint density at radius 2 is 1.88 bits per heavy atom. The van der Waals surface area contributed by atoms with Crippen molar-refractivity contribution < 1.29 is 9.59 Å². The second-order valence-electron chi connectivity index (χ2n) is 4.14. The van der Waals surface area contributed by atoms with E-state index >= 15 is 0 Å². The molecule has 4 heteroatoms. The quantitative estimate of drug-likeness (QED) is 0.669. The van der Waals surface area contributed by atoms with E-state index in [-0.39, 0.29) is 18.0 Å². The van der Waals surface area contributed by atoms with Crippen molar-refractivity contribution in [3.63, 3.8) is 0 Å². The van der Waals surface area contributed by atoms with E-state index in [9.17, 15) is 9.59 Å². The first-order chi connectivity index (χ1) is 7.79. The van der Waals surface area contributed by atoms with Crippen LogP contribution in [-0.4, -0.2) is 29.4 Å². The monoisotopic (exact) mass is 216 g/mol. The minimum absolute atomic E-state index is 0.0753. The zero-order chi connectivity index (χ0) is 11.1.